The lowest BCUT2D eigenvalue weighted by Gasteiger charge is -2.13. The maximum atomic E-state index is 12.6. The zero-order valence-electron chi connectivity index (χ0n) is 12.9. The molecule has 0 aliphatic heterocycles. The molecular formula is C16H13F2N5O2. The van der Waals surface area contributed by atoms with Crippen LogP contribution in [0.5, 0.6) is 0 Å². The van der Waals surface area contributed by atoms with Gasteiger partial charge in [-0.2, -0.15) is 18.9 Å². The van der Waals surface area contributed by atoms with Gasteiger partial charge in [0, 0.05) is 11.8 Å². The van der Waals surface area contributed by atoms with Crippen molar-refractivity contribution >= 4 is 5.91 Å². The summed E-state index contributed by atoms with van der Waals surface area (Å²) in [5.41, 5.74) is 3.02. The Balaban J connectivity index is 1.54. The van der Waals surface area contributed by atoms with E-state index in [9.17, 15) is 13.6 Å². The van der Waals surface area contributed by atoms with E-state index >= 15 is 0 Å². The van der Waals surface area contributed by atoms with E-state index in [-0.39, 0.29) is 17.8 Å². The lowest BCUT2D eigenvalue weighted by Crippen LogP contribution is -2.27. The van der Waals surface area contributed by atoms with Crippen molar-refractivity contribution in [1.29, 1.82) is 0 Å². The molecule has 3 aromatic rings. The highest BCUT2D eigenvalue weighted by molar-refractivity contribution is 5.92. The van der Waals surface area contributed by atoms with Gasteiger partial charge in [-0.1, -0.05) is 17.3 Å². The standard InChI is InChI=1S/C16H13F2N5O2/c17-13(18)16-21-14(23-25-16)9-1-3-10-8(7-9)2-4-11(10)20-15(24)12-5-6-19-22-12/h1,3,5-7,11,13H,2,4H2,(H,19,22)(H,20,24). The summed E-state index contributed by atoms with van der Waals surface area (Å²) in [4.78, 5) is 15.8. The zero-order valence-corrected chi connectivity index (χ0v) is 12.9. The van der Waals surface area contributed by atoms with E-state index in [1.165, 1.54) is 6.20 Å². The molecule has 128 valence electrons. The first-order valence-electron chi connectivity index (χ1n) is 7.67. The third-order valence-corrected chi connectivity index (χ3v) is 4.16. The van der Waals surface area contributed by atoms with Crippen LogP contribution in [0.1, 0.15) is 46.4 Å². The Hall–Kier alpha value is -3.10. The number of nitrogens with zero attached hydrogens (tertiary/aromatic N) is 3. The van der Waals surface area contributed by atoms with Gasteiger partial charge in [0.15, 0.2) is 0 Å². The average Bonchev–Trinajstić information content (AvgIpc) is 3.35. The number of aryl methyl sites for hydroxylation is 1. The number of benzene rings is 1. The van der Waals surface area contributed by atoms with Gasteiger partial charge in [-0.05, 0) is 36.1 Å². The van der Waals surface area contributed by atoms with Gasteiger partial charge in [-0.3, -0.25) is 9.89 Å². The number of hydrogen-bond donors (Lipinski definition) is 2. The van der Waals surface area contributed by atoms with Crippen LogP contribution in [0.25, 0.3) is 11.4 Å². The lowest BCUT2D eigenvalue weighted by atomic mass is 10.0. The molecule has 1 unspecified atom stereocenters. The summed E-state index contributed by atoms with van der Waals surface area (Å²) in [6.07, 6.45) is 0.240. The molecule has 7 nitrogen and oxygen atoms in total. The molecule has 0 radical (unpaired) electrons. The summed E-state index contributed by atoms with van der Waals surface area (Å²) in [5.74, 6) is -0.789. The Labute approximate surface area is 140 Å². The van der Waals surface area contributed by atoms with Crippen LogP contribution in [0.15, 0.2) is 35.0 Å². The zero-order chi connectivity index (χ0) is 17.4. The molecule has 0 bridgehead atoms. The van der Waals surface area contributed by atoms with Crippen molar-refractivity contribution in [2.75, 3.05) is 0 Å². The number of aromatic amines is 1. The first kappa shape index (κ1) is 15.4. The van der Waals surface area contributed by atoms with Crippen molar-refractivity contribution in [3.8, 4) is 11.4 Å². The van der Waals surface area contributed by atoms with Crippen molar-refractivity contribution in [1.82, 2.24) is 25.7 Å². The molecule has 2 aromatic heterocycles. The highest BCUT2D eigenvalue weighted by atomic mass is 19.3. The Bertz CT molecular complexity index is 907. The molecule has 0 fully saturated rings. The van der Waals surface area contributed by atoms with Crippen LogP contribution in [0.3, 0.4) is 0 Å². The van der Waals surface area contributed by atoms with Gasteiger partial charge in [-0.25, -0.2) is 0 Å². The van der Waals surface area contributed by atoms with Crippen molar-refractivity contribution < 1.29 is 18.1 Å². The van der Waals surface area contributed by atoms with Crippen molar-refractivity contribution in [3.63, 3.8) is 0 Å². The molecule has 9 heteroatoms. The fourth-order valence-electron chi connectivity index (χ4n) is 2.97. The minimum Gasteiger partial charge on any atom is -0.344 e. The molecule has 1 amide bonds. The lowest BCUT2D eigenvalue weighted by molar-refractivity contribution is 0.0931. The largest absolute Gasteiger partial charge is 0.344 e. The van der Waals surface area contributed by atoms with Crippen LogP contribution in [-0.2, 0) is 6.42 Å². The van der Waals surface area contributed by atoms with Crippen LogP contribution < -0.4 is 5.32 Å². The first-order valence-corrected chi connectivity index (χ1v) is 7.67. The molecule has 2 heterocycles. The third-order valence-electron chi connectivity index (χ3n) is 4.16. The first-order chi connectivity index (χ1) is 12.1. The number of rotatable bonds is 4. The molecule has 1 aliphatic carbocycles. The maximum Gasteiger partial charge on any atom is 0.315 e. The Morgan fingerprint density at radius 2 is 2.24 bits per heavy atom. The van der Waals surface area contributed by atoms with E-state index in [1.807, 2.05) is 12.1 Å². The van der Waals surface area contributed by atoms with Gasteiger partial charge in [0.05, 0.1) is 6.04 Å². The smallest absolute Gasteiger partial charge is 0.315 e. The SMILES string of the molecule is O=C(NC1CCc2cc(-c3noc(C(F)F)n3)ccc21)c1ccn[nH]1. The molecule has 2 N–H and O–H groups in total. The minimum atomic E-state index is -2.79. The number of H-pyrrole nitrogens is 1. The fraction of sp³-hybridized carbons (Fsp3) is 0.250. The molecule has 1 aromatic carbocycles. The second-order valence-corrected chi connectivity index (χ2v) is 5.71. The predicted octanol–water partition coefficient (Wildman–Crippen LogP) is 2.81. The molecule has 0 saturated carbocycles. The van der Waals surface area contributed by atoms with E-state index < -0.39 is 12.3 Å². The van der Waals surface area contributed by atoms with E-state index in [0.717, 1.165) is 24.0 Å². The molecule has 1 aliphatic rings. The van der Waals surface area contributed by atoms with Crippen molar-refractivity contribution in [2.45, 2.75) is 25.3 Å². The molecule has 25 heavy (non-hydrogen) atoms. The van der Waals surface area contributed by atoms with Crippen LogP contribution >= 0.6 is 0 Å². The van der Waals surface area contributed by atoms with Gasteiger partial charge >= 0.3 is 6.43 Å². The van der Waals surface area contributed by atoms with Gasteiger partial charge in [0.1, 0.15) is 5.69 Å². The number of halogens is 2. The van der Waals surface area contributed by atoms with E-state index in [0.29, 0.717) is 11.3 Å². The molecular weight excluding hydrogens is 332 g/mol. The Kier molecular flexibility index (Phi) is 3.75. The van der Waals surface area contributed by atoms with Crippen LogP contribution in [-0.4, -0.2) is 26.2 Å². The van der Waals surface area contributed by atoms with E-state index in [4.69, 9.17) is 0 Å². The highest BCUT2D eigenvalue weighted by Crippen LogP contribution is 2.34. The quantitative estimate of drug-likeness (QED) is 0.758. The number of hydrogen-bond acceptors (Lipinski definition) is 5. The van der Waals surface area contributed by atoms with Gasteiger partial charge in [0.25, 0.3) is 11.8 Å². The summed E-state index contributed by atoms with van der Waals surface area (Å²) < 4.78 is 29.7. The third kappa shape index (κ3) is 2.88. The number of carbonyl (C=O) groups excluding carboxylic acids is 1. The summed E-state index contributed by atoms with van der Waals surface area (Å²) in [6, 6.07) is 6.93. The average molecular weight is 345 g/mol. The molecule has 4 rings (SSSR count). The topological polar surface area (TPSA) is 96.7 Å². The fourth-order valence-corrected chi connectivity index (χ4v) is 2.97. The molecule has 1 atom stereocenters. The monoisotopic (exact) mass is 345 g/mol. The summed E-state index contributed by atoms with van der Waals surface area (Å²) in [7, 11) is 0. The van der Waals surface area contributed by atoms with Crippen LogP contribution in [0, 0.1) is 0 Å². The number of carbonyl (C=O) groups is 1. The van der Waals surface area contributed by atoms with Gasteiger partial charge in [-0.15, -0.1) is 0 Å². The van der Waals surface area contributed by atoms with Crippen LogP contribution in [0.2, 0.25) is 0 Å². The van der Waals surface area contributed by atoms with Crippen molar-refractivity contribution in [3.05, 3.63) is 53.2 Å². The Morgan fingerprint density at radius 3 is 2.96 bits per heavy atom. The minimum absolute atomic E-state index is 0.109. The second-order valence-electron chi connectivity index (χ2n) is 5.71. The predicted molar refractivity (Wildman–Crippen MR) is 81.8 cm³/mol. The van der Waals surface area contributed by atoms with Gasteiger partial charge in [0.2, 0.25) is 5.82 Å². The van der Waals surface area contributed by atoms with Crippen molar-refractivity contribution in [2.24, 2.45) is 0 Å². The number of alkyl halides is 2. The number of aromatic nitrogens is 4. The number of nitrogens with one attached hydrogen (secondary N) is 2. The van der Waals surface area contributed by atoms with Gasteiger partial charge < -0.3 is 9.84 Å². The van der Waals surface area contributed by atoms with E-state index in [1.54, 1.807) is 12.1 Å². The van der Waals surface area contributed by atoms with E-state index in [2.05, 4.69) is 30.2 Å². The highest BCUT2D eigenvalue weighted by Gasteiger charge is 2.26. The molecule has 0 spiro atoms. The maximum absolute atomic E-state index is 12.6. The molecule has 0 saturated heterocycles. The number of amides is 1. The summed E-state index contributed by atoms with van der Waals surface area (Å²) in [5, 5.41) is 12.9. The number of fused-ring (bicyclic) bond motifs is 1. The second kappa shape index (κ2) is 6.08. The normalized spacial score (nSPS) is 16.2. The summed E-state index contributed by atoms with van der Waals surface area (Å²) >= 11 is 0. The van der Waals surface area contributed by atoms with Crippen LogP contribution in [0.4, 0.5) is 8.78 Å². The summed E-state index contributed by atoms with van der Waals surface area (Å²) in [6.45, 7) is 0. The Morgan fingerprint density at radius 1 is 1.36 bits per heavy atom.